The summed E-state index contributed by atoms with van der Waals surface area (Å²) in [6.07, 6.45) is 6.86. The second-order valence-electron chi connectivity index (χ2n) is 2.24. The van der Waals surface area contributed by atoms with E-state index in [1.807, 2.05) is 12.2 Å². The Kier molecular flexibility index (Phi) is 1.83. The number of hydrogen-bond donors (Lipinski definition) is 0. The second-order valence-corrected chi connectivity index (χ2v) is 2.24. The van der Waals surface area contributed by atoms with E-state index in [-0.39, 0.29) is 0 Å². The van der Waals surface area contributed by atoms with Crippen LogP contribution in [0.4, 0.5) is 0 Å². The van der Waals surface area contributed by atoms with Crippen molar-refractivity contribution in [1.29, 1.82) is 0 Å². The van der Waals surface area contributed by atoms with Gasteiger partial charge in [0.1, 0.15) is 6.29 Å². The molecule has 0 heterocycles. The van der Waals surface area contributed by atoms with E-state index in [0.717, 1.165) is 24.7 Å². The number of aldehydes is 1. The Morgan fingerprint density at radius 2 is 2.56 bits per heavy atom. The van der Waals surface area contributed by atoms with Gasteiger partial charge in [0.15, 0.2) is 0 Å². The van der Waals surface area contributed by atoms with Crippen LogP contribution >= 0.6 is 0 Å². The fourth-order valence-electron chi connectivity index (χ4n) is 1.14. The van der Waals surface area contributed by atoms with Gasteiger partial charge in [-0.15, -0.1) is 6.58 Å². The van der Waals surface area contributed by atoms with Crippen molar-refractivity contribution in [3.63, 3.8) is 0 Å². The quantitative estimate of drug-likeness (QED) is 0.402. The summed E-state index contributed by atoms with van der Waals surface area (Å²) < 4.78 is 0. The molecule has 0 saturated heterocycles. The first-order valence-electron chi connectivity index (χ1n) is 3.16. The van der Waals surface area contributed by atoms with Crippen LogP contribution in [0.1, 0.15) is 12.8 Å². The largest absolute Gasteiger partial charge is 0.298 e. The van der Waals surface area contributed by atoms with Gasteiger partial charge in [-0.2, -0.15) is 0 Å². The Hall–Kier alpha value is -0.850. The standard InChI is InChI=1S/C8H10O/c1-2-7-4-3-5-8(7)6-9/h2,5-7H,1,3-4H2. The van der Waals surface area contributed by atoms with Gasteiger partial charge in [0, 0.05) is 5.92 Å². The van der Waals surface area contributed by atoms with Crippen molar-refractivity contribution in [2.45, 2.75) is 12.8 Å². The fraction of sp³-hybridized carbons (Fsp3) is 0.375. The van der Waals surface area contributed by atoms with E-state index in [1.54, 1.807) is 0 Å². The van der Waals surface area contributed by atoms with Crippen LogP contribution < -0.4 is 0 Å². The zero-order chi connectivity index (χ0) is 6.69. The molecule has 0 aliphatic heterocycles. The van der Waals surface area contributed by atoms with E-state index in [0.29, 0.717) is 5.92 Å². The van der Waals surface area contributed by atoms with Gasteiger partial charge in [0.05, 0.1) is 0 Å². The highest BCUT2D eigenvalue weighted by molar-refractivity contribution is 5.75. The van der Waals surface area contributed by atoms with Gasteiger partial charge in [0.25, 0.3) is 0 Å². The third-order valence-corrected chi connectivity index (χ3v) is 1.71. The Balaban J connectivity index is 2.67. The fourth-order valence-corrected chi connectivity index (χ4v) is 1.14. The lowest BCUT2D eigenvalue weighted by atomic mass is 10.0. The molecule has 0 aromatic heterocycles. The van der Waals surface area contributed by atoms with Crippen LogP contribution in [-0.2, 0) is 4.79 Å². The van der Waals surface area contributed by atoms with Crippen molar-refractivity contribution in [2.75, 3.05) is 0 Å². The maximum atomic E-state index is 10.3. The summed E-state index contributed by atoms with van der Waals surface area (Å²) in [7, 11) is 0. The van der Waals surface area contributed by atoms with Crippen LogP contribution in [0.2, 0.25) is 0 Å². The third kappa shape index (κ3) is 1.10. The summed E-state index contributed by atoms with van der Waals surface area (Å²) in [5.74, 6) is 0.336. The van der Waals surface area contributed by atoms with Crippen molar-refractivity contribution in [3.05, 3.63) is 24.3 Å². The smallest absolute Gasteiger partial charge is 0.146 e. The average molecular weight is 122 g/mol. The minimum absolute atomic E-state index is 0.336. The maximum Gasteiger partial charge on any atom is 0.146 e. The number of carbonyl (C=O) groups is 1. The lowest BCUT2D eigenvalue weighted by Gasteiger charge is -2.00. The van der Waals surface area contributed by atoms with E-state index in [2.05, 4.69) is 6.58 Å². The lowest BCUT2D eigenvalue weighted by Crippen LogP contribution is -1.94. The zero-order valence-electron chi connectivity index (χ0n) is 5.34. The highest BCUT2D eigenvalue weighted by atomic mass is 16.1. The summed E-state index contributed by atoms with van der Waals surface area (Å²) in [5, 5.41) is 0. The predicted octanol–water partition coefficient (Wildman–Crippen LogP) is 1.71. The molecule has 0 aromatic carbocycles. The number of carbonyl (C=O) groups excluding carboxylic acids is 1. The summed E-state index contributed by atoms with van der Waals surface area (Å²) in [4.78, 5) is 10.3. The first-order chi connectivity index (χ1) is 4.38. The van der Waals surface area contributed by atoms with Crippen LogP contribution in [0.15, 0.2) is 24.3 Å². The van der Waals surface area contributed by atoms with E-state index in [9.17, 15) is 4.79 Å². The Morgan fingerprint density at radius 1 is 1.78 bits per heavy atom. The molecule has 1 rings (SSSR count). The molecule has 0 radical (unpaired) electrons. The normalized spacial score (nSPS) is 25.3. The molecule has 0 saturated carbocycles. The summed E-state index contributed by atoms with van der Waals surface area (Å²) >= 11 is 0. The molecule has 0 bridgehead atoms. The van der Waals surface area contributed by atoms with Crippen molar-refractivity contribution >= 4 is 6.29 Å². The predicted molar refractivity (Wildman–Crippen MR) is 37.1 cm³/mol. The number of allylic oxidation sites excluding steroid dienone is 3. The first-order valence-corrected chi connectivity index (χ1v) is 3.16. The van der Waals surface area contributed by atoms with Gasteiger partial charge in [-0.3, -0.25) is 4.79 Å². The molecule has 0 aromatic rings. The SMILES string of the molecule is C=CC1CCC=C1C=O. The Bertz CT molecular complexity index is 156. The van der Waals surface area contributed by atoms with Crippen LogP contribution in [0, 0.1) is 5.92 Å². The topological polar surface area (TPSA) is 17.1 Å². The van der Waals surface area contributed by atoms with Crippen LogP contribution in [0.25, 0.3) is 0 Å². The van der Waals surface area contributed by atoms with Gasteiger partial charge in [-0.05, 0) is 18.4 Å². The minimum atomic E-state index is 0.336. The van der Waals surface area contributed by atoms with Gasteiger partial charge < -0.3 is 0 Å². The van der Waals surface area contributed by atoms with Crippen LogP contribution in [0.3, 0.4) is 0 Å². The molecule has 1 heteroatoms. The van der Waals surface area contributed by atoms with Gasteiger partial charge in [-0.25, -0.2) is 0 Å². The van der Waals surface area contributed by atoms with Gasteiger partial charge in [-0.1, -0.05) is 12.2 Å². The molecule has 9 heavy (non-hydrogen) atoms. The molecule has 0 amide bonds. The minimum Gasteiger partial charge on any atom is -0.298 e. The molecular formula is C8H10O. The third-order valence-electron chi connectivity index (χ3n) is 1.71. The van der Waals surface area contributed by atoms with Crippen molar-refractivity contribution < 1.29 is 4.79 Å². The lowest BCUT2D eigenvalue weighted by molar-refractivity contribution is -0.105. The average Bonchev–Trinajstić information content (AvgIpc) is 2.33. The van der Waals surface area contributed by atoms with Gasteiger partial charge >= 0.3 is 0 Å². The molecule has 0 spiro atoms. The molecular weight excluding hydrogens is 112 g/mol. The van der Waals surface area contributed by atoms with E-state index in [4.69, 9.17) is 0 Å². The van der Waals surface area contributed by atoms with Crippen LogP contribution in [-0.4, -0.2) is 6.29 Å². The van der Waals surface area contributed by atoms with Crippen molar-refractivity contribution in [2.24, 2.45) is 5.92 Å². The maximum absolute atomic E-state index is 10.3. The molecule has 1 nitrogen and oxygen atoms in total. The summed E-state index contributed by atoms with van der Waals surface area (Å²) in [6, 6.07) is 0. The number of hydrogen-bond acceptors (Lipinski definition) is 1. The molecule has 0 fully saturated rings. The van der Waals surface area contributed by atoms with Crippen molar-refractivity contribution in [3.8, 4) is 0 Å². The number of rotatable bonds is 2. The van der Waals surface area contributed by atoms with Gasteiger partial charge in [0.2, 0.25) is 0 Å². The second kappa shape index (κ2) is 2.62. The summed E-state index contributed by atoms with van der Waals surface area (Å²) in [5.41, 5.74) is 0.907. The molecule has 0 N–H and O–H groups in total. The molecule has 1 aliphatic rings. The van der Waals surface area contributed by atoms with E-state index < -0.39 is 0 Å². The molecule has 1 atom stereocenters. The summed E-state index contributed by atoms with van der Waals surface area (Å²) in [6.45, 7) is 3.64. The van der Waals surface area contributed by atoms with Crippen LogP contribution in [0.5, 0.6) is 0 Å². The zero-order valence-corrected chi connectivity index (χ0v) is 5.34. The monoisotopic (exact) mass is 122 g/mol. The molecule has 48 valence electrons. The molecule has 1 unspecified atom stereocenters. The van der Waals surface area contributed by atoms with Crippen molar-refractivity contribution in [1.82, 2.24) is 0 Å². The van der Waals surface area contributed by atoms with E-state index in [1.165, 1.54) is 0 Å². The highest BCUT2D eigenvalue weighted by Crippen LogP contribution is 2.24. The molecule has 1 aliphatic carbocycles. The Morgan fingerprint density at radius 3 is 3.00 bits per heavy atom. The highest BCUT2D eigenvalue weighted by Gasteiger charge is 2.13. The first kappa shape index (κ1) is 6.27. The van der Waals surface area contributed by atoms with E-state index >= 15 is 0 Å². The Labute approximate surface area is 55.1 Å².